The summed E-state index contributed by atoms with van der Waals surface area (Å²) < 4.78 is 10.9. The summed E-state index contributed by atoms with van der Waals surface area (Å²) in [6, 6.07) is 5.92. The molecule has 5 nitrogen and oxygen atoms in total. The Hall–Kier alpha value is -1.75. The second-order valence-electron chi connectivity index (χ2n) is 5.72. The van der Waals surface area contributed by atoms with Crippen molar-refractivity contribution in [2.75, 3.05) is 20.3 Å². The highest BCUT2D eigenvalue weighted by Gasteiger charge is 2.28. The van der Waals surface area contributed by atoms with E-state index in [4.69, 9.17) is 15.2 Å². The number of benzene rings is 1. The van der Waals surface area contributed by atoms with Crippen LogP contribution in [0.25, 0.3) is 0 Å². The van der Waals surface area contributed by atoms with Crippen LogP contribution in [-0.2, 0) is 4.79 Å². The van der Waals surface area contributed by atoms with Gasteiger partial charge in [-0.2, -0.15) is 0 Å². The molecule has 0 aromatic heterocycles. The predicted octanol–water partition coefficient (Wildman–Crippen LogP) is 1.62. The number of methoxy groups -OCH3 is 1. The van der Waals surface area contributed by atoms with Crippen LogP contribution in [0, 0.1) is 5.41 Å². The third-order valence-corrected chi connectivity index (χ3v) is 3.71. The van der Waals surface area contributed by atoms with Crippen LogP contribution in [0.15, 0.2) is 18.2 Å². The van der Waals surface area contributed by atoms with E-state index in [0.717, 1.165) is 23.5 Å². The Kier molecular flexibility index (Phi) is 4.18. The number of hydrogen-bond donors (Lipinski definition) is 2. The van der Waals surface area contributed by atoms with Crippen LogP contribution in [0.1, 0.15) is 31.9 Å². The summed E-state index contributed by atoms with van der Waals surface area (Å²) in [5, 5.41) is 3.41. The number of primary amides is 1. The zero-order valence-corrected chi connectivity index (χ0v) is 12.2. The quantitative estimate of drug-likeness (QED) is 0.858. The van der Waals surface area contributed by atoms with Crippen LogP contribution in [0.2, 0.25) is 0 Å². The van der Waals surface area contributed by atoms with Crippen molar-refractivity contribution in [1.82, 2.24) is 5.32 Å². The summed E-state index contributed by atoms with van der Waals surface area (Å²) in [5.41, 5.74) is 5.90. The Bertz CT molecular complexity index is 500. The number of amides is 1. The number of hydrogen-bond acceptors (Lipinski definition) is 4. The first kappa shape index (κ1) is 14.7. The van der Waals surface area contributed by atoms with Crippen LogP contribution in [0.3, 0.4) is 0 Å². The monoisotopic (exact) mass is 278 g/mol. The fourth-order valence-corrected chi connectivity index (χ4v) is 2.18. The highest BCUT2D eigenvalue weighted by atomic mass is 16.5. The molecule has 0 bridgehead atoms. The standard InChI is InChI=1S/C15H22N2O3/c1-15(2,14(16)18)9-17-12-6-7-20-13-5-4-10(19-3)8-11(12)13/h4-5,8,12,17H,6-7,9H2,1-3H3,(H2,16,18). The van der Waals surface area contributed by atoms with Gasteiger partial charge in [-0.1, -0.05) is 0 Å². The number of carbonyl (C=O) groups excluding carboxylic acids is 1. The largest absolute Gasteiger partial charge is 0.497 e. The molecule has 0 saturated carbocycles. The fourth-order valence-electron chi connectivity index (χ4n) is 2.18. The van der Waals surface area contributed by atoms with Crippen LogP contribution < -0.4 is 20.5 Å². The number of nitrogens with one attached hydrogen (secondary N) is 1. The lowest BCUT2D eigenvalue weighted by Crippen LogP contribution is -2.42. The van der Waals surface area contributed by atoms with Gasteiger partial charge in [-0.25, -0.2) is 0 Å². The molecule has 0 radical (unpaired) electrons. The maximum Gasteiger partial charge on any atom is 0.224 e. The number of rotatable bonds is 5. The summed E-state index contributed by atoms with van der Waals surface area (Å²) in [5.74, 6) is 1.37. The van der Waals surface area contributed by atoms with Crippen LogP contribution in [-0.4, -0.2) is 26.2 Å². The van der Waals surface area contributed by atoms with Gasteiger partial charge in [-0.15, -0.1) is 0 Å². The number of carbonyl (C=O) groups is 1. The molecule has 1 aromatic carbocycles. The maximum atomic E-state index is 11.4. The zero-order chi connectivity index (χ0) is 14.8. The molecule has 2 rings (SSSR count). The van der Waals surface area contributed by atoms with Gasteiger partial charge in [0.15, 0.2) is 0 Å². The minimum absolute atomic E-state index is 0.146. The van der Waals surface area contributed by atoms with Gasteiger partial charge in [0.2, 0.25) is 5.91 Å². The maximum absolute atomic E-state index is 11.4. The first-order valence-electron chi connectivity index (χ1n) is 6.78. The molecule has 5 heteroatoms. The average molecular weight is 278 g/mol. The number of nitrogens with two attached hydrogens (primary N) is 1. The van der Waals surface area contributed by atoms with Gasteiger partial charge in [0.05, 0.1) is 19.1 Å². The molecular formula is C15H22N2O3. The second-order valence-corrected chi connectivity index (χ2v) is 5.72. The predicted molar refractivity (Wildman–Crippen MR) is 76.8 cm³/mol. The Morgan fingerprint density at radius 2 is 2.30 bits per heavy atom. The van der Waals surface area contributed by atoms with Crippen molar-refractivity contribution >= 4 is 5.91 Å². The topological polar surface area (TPSA) is 73.6 Å². The summed E-state index contributed by atoms with van der Waals surface area (Å²) in [6.07, 6.45) is 0.856. The van der Waals surface area contributed by atoms with E-state index in [0.29, 0.717) is 13.2 Å². The Morgan fingerprint density at radius 3 is 2.95 bits per heavy atom. The third-order valence-electron chi connectivity index (χ3n) is 3.71. The van der Waals surface area contributed by atoms with Gasteiger partial charge in [-0.05, 0) is 32.0 Å². The molecule has 20 heavy (non-hydrogen) atoms. The van der Waals surface area contributed by atoms with Crippen molar-refractivity contribution in [3.8, 4) is 11.5 Å². The molecule has 110 valence electrons. The molecule has 1 unspecified atom stereocenters. The van der Waals surface area contributed by atoms with E-state index in [-0.39, 0.29) is 11.9 Å². The Labute approximate surface area is 119 Å². The fraction of sp³-hybridized carbons (Fsp3) is 0.533. The van der Waals surface area contributed by atoms with E-state index in [9.17, 15) is 4.79 Å². The van der Waals surface area contributed by atoms with Crippen LogP contribution >= 0.6 is 0 Å². The van der Waals surface area contributed by atoms with E-state index >= 15 is 0 Å². The highest BCUT2D eigenvalue weighted by molar-refractivity contribution is 5.80. The van der Waals surface area contributed by atoms with Gasteiger partial charge >= 0.3 is 0 Å². The SMILES string of the molecule is COc1ccc2c(c1)C(NCC(C)(C)C(N)=O)CCO2. The minimum atomic E-state index is -0.572. The smallest absolute Gasteiger partial charge is 0.224 e. The van der Waals surface area contributed by atoms with E-state index < -0.39 is 5.41 Å². The lowest BCUT2D eigenvalue weighted by atomic mass is 9.91. The molecule has 0 spiro atoms. The van der Waals surface area contributed by atoms with Gasteiger partial charge < -0.3 is 20.5 Å². The van der Waals surface area contributed by atoms with Crippen LogP contribution in [0.4, 0.5) is 0 Å². The summed E-state index contributed by atoms with van der Waals surface area (Å²) >= 11 is 0. The first-order chi connectivity index (χ1) is 9.44. The molecule has 0 saturated heterocycles. The highest BCUT2D eigenvalue weighted by Crippen LogP contribution is 2.35. The van der Waals surface area contributed by atoms with Crippen molar-refractivity contribution in [2.24, 2.45) is 11.1 Å². The van der Waals surface area contributed by atoms with Crippen molar-refractivity contribution in [3.05, 3.63) is 23.8 Å². The van der Waals surface area contributed by atoms with E-state index in [1.807, 2.05) is 32.0 Å². The van der Waals surface area contributed by atoms with Crippen molar-refractivity contribution in [1.29, 1.82) is 0 Å². The summed E-state index contributed by atoms with van der Waals surface area (Å²) in [7, 11) is 1.64. The van der Waals surface area contributed by atoms with Gasteiger partial charge in [0.25, 0.3) is 0 Å². The lowest BCUT2D eigenvalue weighted by Gasteiger charge is -2.30. The molecule has 0 fully saturated rings. The molecule has 1 aromatic rings. The second kappa shape index (κ2) is 5.71. The van der Waals surface area contributed by atoms with Crippen molar-refractivity contribution in [2.45, 2.75) is 26.3 Å². The van der Waals surface area contributed by atoms with Gasteiger partial charge in [0.1, 0.15) is 11.5 Å². The van der Waals surface area contributed by atoms with E-state index in [2.05, 4.69) is 5.32 Å². The lowest BCUT2D eigenvalue weighted by molar-refractivity contribution is -0.125. The molecule has 3 N–H and O–H groups in total. The molecule has 1 amide bonds. The van der Waals surface area contributed by atoms with E-state index in [1.54, 1.807) is 7.11 Å². The van der Waals surface area contributed by atoms with Gasteiger partial charge in [0, 0.05) is 24.6 Å². The summed E-state index contributed by atoms with van der Waals surface area (Å²) in [6.45, 7) is 4.87. The third kappa shape index (κ3) is 3.04. The number of ether oxygens (including phenoxy) is 2. The van der Waals surface area contributed by atoms with Gasteiger partial charge in [-0.3, -0.25) is 4.79 Å². The number of fused-ring (bicyclic) bond motifs is 1. The normalized spacial score (nSPS) is 18.1. The van der Waals surface area contributed by atoms with Crippen LogP contribution in [0.5, 0.6) is 11.5 Å². The van der Waals surface area contributed by atoms with E-state index in [1.165, 1.54) is 0 Å². The Balaban J connectivity index is 2.14. The molecular weight excluding hydrogens is 256 g/mol. The Morgan fingerprint density at radius 1 is 1.55 bits per heavy atom. The molecule has 0 aliphatic carbocycles. The molecule has 1 heterocycles. The van der Waals surface area contributed by atoms with Crippen molar-refractivity contribution < 1.29 is 14.3 Å². The van der Waals surface area contributed by atoms with Crippen molar-refractivity contribution in [3.63, 3.8) is 0 Å². The first-order valence-corrected chi connectivity index (χ1v) is 6.78. The molecule has 1 aliphatic rings. The summed E-state index contributed by atoms with van der Waals surface area (Å²) in [4.78, 5) is 11.4. The molecule has 1 aliphatic heterocycles. The minimum Gasteiger partial charge on any atom is -0.497 e. The average Bonchev–Trinajstić information content (AvgIpc) is 2.44. The zero-order valence-electron chi connectivity index (χ0n) is 12.2. The molecule has 1 atom stereocenters.